The number of fused-ring (bicyclic) bond motifs is 2. The van der Waals surface area contributed by atoms with Crippen LogP contribution in [0.3, 0.4) is 0 Å². The summed E-state index contributed by atoms with van der Waals surface area (Å²) in [5.74, 6) is 0.759. The first-order valence-electron chi connectivity index (χ1n) is 8.52. The molecule has 116 valence electrons. The molecule has 1 saturated carbocycles. The van der Waals surface area contributed by atoms with Gasteiger partial charge in [-0.2, -0.15) is 0 Å². The van der Waals surface area contributed by atoms with E-state index in [4.69, 9.17) is 0 Å². The van der Waals surface area contributed by atoms with Gasteiger partial charge in [0.05, 0.1) is 0 Å². The van der Waals surface area contributed by atoms with Crippen LogP contribution in [0.2, 0.25) is 0 Å². The fourth-order valence-corrected chi connectivity index (χ4v) is 3.52. The molecule has 3 rings (SSSR count). The van der Waals surface area contributed by atoms with Crippen molar-refractivity contribution < 1.29 is 9.59 Å². The average molecular weight is 290 g/mol. The normalized spacial score (nSPS) is 36.0. The maximum Gasteiger partial charge on any atom is 0.243 e. The van der Waals surface area contributed by atoms with E-state index >= 15 is 0 Å². The Balaban J connectivity index is 1.64. The summed E-state index contributed by atoms with van der Waals surface area (Å²) in [6, 6.07) is 0.0873. The fraction of sp³-hybridized carbons (Fsp3) is 0.765. The summed E-state index contributed by atoms with van der Waals surface area (Å²) in [7, 11) is 0. The van der Waals surface area contributed by atoms with Gasteiger partial charge in [0.25, 0.3) is 0 Å². The minimum Gasteiger partial charge on any atom is -0.351 e. The van der Waals surface area contributed by atoms with Gasteiger partial charge in [-0.3, -0.25) is 9.59 Å². The molecule has 3 atom stereocenters. The van der Waals surface area contributed by atoms with E-state index in [1.165, 1.54) is 12.8 Å². The number of carbonyl (C=O) groups excluding carboxylic acids is 2. The smallest absolute Gasteiger partial charge is 0.243 e. The number of amides is 2. The minimum atomic E-state index is -0.215. The van der Waals surface area contributed by atoms with Gasteiger partial charge >= 0.3 is 0 Å². The van der Waals surface area contributed by atoms with Gasteiger partial charge in [0.2, 0.25) is 11.8 Å². The Labute approximate surface area is 127 Å². The number of carbonyl (C=O) groups is 2. The molecule has 1 aliphatic carbocycles. The van der Waals surface area contributed by atoms with E-state index in [-0.39, 0.29) is 17.9 Å². The highest BCUT2D eigenvalue weighted by atomic mass is 16.2. The molecule has 4 nitrogen and oxygen atoms in total. The SMILES string of the molecule is O=C1NC2CC2/C=C\CCCCCCC(=O)N2CCCC12. The van der Waals surface area contributed by atoms with Crippen molar-refractivity contribution in [2.45, 2.75) is 69.9 Å². The van der Waals surface area contributed by atoms with Crippen molar-refractivity contribution in [3.05, 3.63) is 12.2 Å². The first-order chi connectivity index (χ1) is 10.3. The van der Waals surface area contributed by atoms with Gasteiger partial charge in [-0.15, -0.1) is 0 Å². The van der Waals surface area contributed by atoms with Crippen molar-refractivity contribution in [2.24, 2.45) is 5.92 Å². The lowest BCUT2D eigenvalue weighted by Gasteiger charge is -2.24. The van der Waals surface area contributed by atoms with Crippen LogP contribution in [0.5, 0.6) is 0 Å². The van der Waals surface area contributed by atoms with Crippen LogP contribution in [0.15, 0.2) is 12.2 Å². The molecule has 0 aromatic rings. The van der Waals surface area contributed by atoms with Gasteiger partial charge in [-0.25, -0.2) is 0 Å². The molecule has 1 saturated heterocycles. The third kappa shape index (κ3) is 3.66. The van der Waals surface area contributed by atoms with Gasteiger partial charge in [0.1, 0.15) is 6.04 Å². The van der Waals surface area contributed by atoms with Crippen LogP contribution in [0.1, 0.15) is 57.8 Å². The fourth-order valence-electron chi connectivity index (χ4n) is 3.52. The lowest BCUT2D eigenvalue weighted by Crippen LogP contribution is -2.46. The summed E-state index contributed by atoms with van der Waals surface area (Å²) in [4.78, 5) is 26.5. The standard InChI is InChI=1S/C17H26N2O2/c20-16-10-6-4-2-1-3-5-8-13-12-14(13)18-17(21)15-9-7-11-19(15)16/h5,8,13-15H,1-4,6-7,9-12H2,(H,18,21)/b8-5-. The number of allylic oxidation sites excluding steroid dienone is 1. The van der Waals surface area contributed by atoms with Crippen molar-refractivity contribution in [2.75, 3.05) is 6.54 Å². The predicted octanol–water partition coefficient (Wildman–Crippen LogP) is 2.39. The van der Waals surface area contributed by atoms with Crippen LogP contribution in [-0.4, -0.2) is 35.3 Å². The van der Waals surface area contributed by atoms with Crippen molar-refractivity contribution in [3.63, 3.8) is 0 Å². The monoisotopic (exact) mass is 290 g/mol. The van der Waals surface area contributed by atoms with E-state index in [1.54, 1.807) is 0 Å². The lowest BCUT2D eigenvalue weighted by molar-refractivity contribution is -0.138. The molecule has 3 unspecified atom stereocenters. The molecule has 0 bridgehead atoms. The Hall–Kier alpha value is -1.32. The highest BCUT2D eigenvalue weighted by Crippen LogP contribution is 2.32. The van der Waals surface area contributed by atoms with Gasteiger partial charge in [-0.1, -0.05) is 25.0 Å². The number of nitrogens with one attached hydrogen (secondary N) is 1. The van der Waals surface area contributed by atoms with Crippen molar-refractivity contribution in [3.8, 4) is 0 Å². The van der Waals surface area contributed by atoms with Gasteiger partial charge in [-0.05, 0) is 44.4 Å². The Bertz CT molecular complexity index is 433. The van der Waals surface area contributed by atoms with E-state index < -0.39 is 0 Å². The van der Waals surface area contributed by atoms with Crippen LogP contribution >= 0.6 is 0 Å². The molecule has 0 aromatic heterocycles. The van der Waals surface area contributed by atoms with Crippen molar-refractivity contribution in [1.29, 1.82) is 0 Å². The zero-order valence-electron chi connectivity index (χ0n) is 12.7. The van der Waals surface area contributed by atoms with Crippen molar-refractivity contribution in [1.82, 2.24) is 10.2 Å². The lowest BCUT2D eigenvalue weighted by atomic mass is 10.1. The number of nitrogens with zero attached hydrogens (tertiary/aromatic N) is 1. The van der Waals surface area contributed by atoms with Gasteiger partial charge in [0, 0.05) is 19.0 Å². The highest BCUT2D eigenvalue weighted by molar-refractivity contribution is 5.88. The number of hydrogen-bond acceptors (Lipinski definition) is 2. The molecule has 2 heterocycles. The maximum absolute atomic E-state index is 12.4. The summed E-state index contributed by atoms with van der Waals surface area (Å²) in [5.41, 5.74) is 0. The largest absolute Gasteiger partial charge is 0.351 e. The summed E-state index contributed by atoms with van der Waals surface area (Å²) >= 11 is 0. The van der Waals surface area contributed by atoms with Crippen LogP contribution < -0.4 is 5.32 Å². The molecule has 0 radical (unpaired) electrons. The van der Waals surface area contributed by atoms with E-state index in [0.717, 1.165) is 45.1 Å². The molecular weight excluding hydrogens is 264 g/mol. The van der Waals surface area contributed by atoms with Crippen LogP contribution in [0.25, 0.3) is 0 Å². The Kier molecular flexibility index (Phi) is 4.61. The molecule has 0 aromatic carbocycles. The Morgan fingerprint density at radius 3 is 2.86 bits per heavy atom. The molecule has 21 heavy (non-hydrogen) atoms. The number of hydrogen-bond donors (Lipinski definition) is 1. The minimum absolute atomic E-state index is 0.0663. The second-order valence-corrected chi connectivity index (χ2v) is 6.64. The molecule has 2 amide bonds. The highest BCUT2D eigenvalue weighted by Gasteiger charge is 2.40. The van der Waals surface area contributed by atoms with E-state index in [1.807, 2.05) is 4.90 Å². The molecular formula is C17H26N2O2. The van der Waals surface area contributed by atoms with Gasteiger partial charge < -0.3 is 10.2 Å². The summed E-state index contributed by atoms with van der Waals surface area (Å²) < 4.78 is 0. The first-order valence-corrected chi connectivity index (χ1v) is 8.52. The van der Waals surface area contributed by atoms with Gasteiger partial charge in [0.15, 0.2) is 0 Å². The van der Waals surface area contributed by atoms with Crippen molar-refractivity contribution >= 4 is 11.8 Å². The number of rotatable bonds is 0. The first kappa shape index (κ1) is 14.6. The molecule has 3 aliphatic rings. The quantitative estimate of drug-likeness (QED) is 0.696. The van der Waals surface area contributed by atoms with Crippen LogP contribution in [-0.2, 0) is 9.59 Å². The zero-order chi connectivity index (χ0) is 14.7. The third-order valence-corrected chi connectivity index (χ3v) is 4.94. The molecule has 0 spiro atoms. The molecule has 4 heteroatoms. The average Bonchev–Trinajstić information content (AvgIpc) is 3.01. The van der Waals surface area contributed by atoms with E-state index in [2.05, 4.69) is 17.5 Å². The van der Waals surface area contributed by atoms with E-state index in [0.29, 0.717) is 18.4 Å². The summed E-state index contributed by atoms with van der Waals surface area (Å²) in [6.07, 6.45) is 13.6. The zero-order valence-corrected chi connectivity index (χ0v) is 12.7. The molecule has 2 aliphatic heterocycles. The molecule has 2 fully saturated rings. The predicted molar refractivity (Wildman–Crippen MR) is 81.6 cm³/mol. The second kappa shape index (κ2) is 6.63. The maximum atomic E-state index is 12.4. The van der Waals surface area contributed by atoms with Crippen LogP contribution in [0, 0.1) is 5.92 Å². The Morgan fingerprint density at radius 2 is 1.95 bits per heavy atom. The third-order valence-electron chi connectivity index (χ3n) is 4.94. The van der Waals surface area contributed by atoms with E-state index in [9.17, 15) is 9.59 Å². The topological polar surface area (TPSA) is 49.4 Å². The van der Waals surface area contributed by atoms with Crippen LogP contribution in [0.4, 0.5) is 0 Å². The second-order valence-electron chi connectivity index (χ2n) is 6.64. The summed E-state index contributed by atoms with van der Waals surface area (Å²) in [5, 5.41) is 3.13. The summed E-state index contributed by atoms with van der Waals surface area (Å²) in [6.45, 7) is 0.755. The molecule has 1 N–H and O–H groups in total. The Morgan fingerprint density at radius 1 is 1.10 bits per heavy atom.